The van der Waals surface area contributed by atoms with Gasteiger partial charge in [0.05, 0.1) is 11.5 Å². The molecule has 3 aromatic carbocycles. The van der Waals surface area contributed by atoms with E-state index in [9.17, 15) is 17.6 Å². The molecule has 0 saturated carbocycles. The number of sulfonamides is 1. The van der Waals surface area contributed by atoms with Crippen molar-refractivity contribution in [2.75, 3.05) is 24.5 Å². The van der Waals surface area contributed by atoms with Crippen LogP contribution in [0.1, 0.15) is 27.9 Å². The number of aryl methyl sites for hydroxylation is 1. The van der Waals surface area contributed by atoms with Crippen LogP contribution in [0.4, 0.5) is 10.1 Å². The average molecular weight is 471 g/mol. The van der Waals surface area contributed by atoms with Crippen LogP contribution < -0.4 is 10.0 Å². The van der Waals surface area contributed by atoms with E-state index in [1.54, 1.807) is 12.1 Å². The zero-order valence-electron chi connectivity index (χ0n) is 18.4. The van der Waals surface area contributed by atoms with Crippen LogP contribution in [0.5, 0.6) is 0 Å². The van der Waals surface area contributed by atoms with Crippen LogP contribution in [0.3, 0.4) is 0 Å². The number of anilines is 1. The van der Waals surface area contributed by atoms with Crippen molar-refractivity contribution in [1.82, 2.24) is 5.32 Å². The number of hydrogen-bond donors (Lipinski definition) is 2. The van der Waals surface area contributed by atoms with Crippen molar-refractivity contribution in [3.05, 3.63) is 95.3 Å². The van der Waals surface area contributed by atoms with Crippen LogP contribution in [-0.4, -0.2) is 34.1 Å². The summed E-state index contributed by atoms with van der Waals surface area (Å²) in [5.41, 5.74) is 2.19. The summed E-state index contributed by atoms with van der Waals surface area (Å²) in [7, 11) is -3.86. The Hall–Kier alpha value is -3.23. The molecule has 0 aromatic heterocycles. The van der Waals surface area contributed by atoms with Gasteiger partial charge in [-0.1, -0.05) is 30.3 Å². The van der Waals surface area contributed by atoms with Crippen molar-refractivity contribution in [2.45, 2.75) is 24.7 Å². The van der Waals surface area contributed by atoms with Gasteiger partial charge >= 0.3 is 0 Å². The number of amides is 1. The second kappa shape index (κ2) is 11.6. The van der Waals surface area contributed by atoms with E-state index >= 15 is 0 Å². The molecule has 0 saturated heterocycles. The summed E-state index contributed by atoms with van der Waals surface area (Å²) in [5.74, 6) is -0.717. The monoisotopic (exact) mass is 470 g/mol. The number of hydrogen-bond acceptors (Lipinski definition) is 4. The Morgan fingerprint density at radius 1 is 0.970 bits per heavy atom. The average Bonchev–Trinajstić information content (AvgIpc) is 2.81. The number of carbonyl (C=O) groups excluding carboxylic acids is 1. The van der Waals surface area contributed by atoms with Gasteiger partial charge in [0.25, 0.3) is 15.9 Å². The zero-order valence-corrected chi connectivity index (χ0v) is 19.2. The molecule has 0 aliphatic carbocycles. The first-order valence-electron chi connectivity index (χ1n) is 10.6. The molecule has 3 aromatic rings. The lowest BCUT2D eigenvalue weighted by Gasteiger charge is -2.10. The molecular weight excluding hydrogens is 443 g/mol. The first-order chi connectivity index (χ1) is 15.8. The van der Waals surface area contributed by atoms with Crippen LogP contribution in [0.2, 0.25) is 0 Å². The van der Waals surface area contributed by atoms with Crippen molar-refractivity contribution in [2.24, 2.45) is 0 Å². The number of nitrogens with one attached hydrogen (secondary N) is 2. The highest BCUT2D eigenvalue weighted by Gasteiger charge is 2.16. The van der Waals surface area contributed by atoms with Gasteiger partial charge in [0.2, 0.25) is 0 Å². The highest BCUT2D eigenvalue weighted by atomic mass is 32.2. The molecule has 0 bridgehead atoms. The Morgan fingerprint density at radius 2 is 1.70 bits per heavy atom. The largest absolute Gasteiger partial charge is 0.381 e. The summed E-state index contributed by atoms with van der Waals surface area (Å²) in [4.78, 5) is 12.2. The third kappa shape index (κ3) is 7.40. The molecule has 33 heavy (non-hydrogen) atoms. The predicted molar refractivity (Wildman–Crippen MR) is 126 cm³/mol. The Labute approximate surface area is 193 Å². The van der Waals surface area contributed by atoms with Gasteiger partial charge in [-0.25, -0.2) is 12.8 Å². The van der Waals surface area contributed by atoms with E-state index in [1.165, 1.54) is 36.8 Å². The SMILES string of the molecule is Cc1cc(S(=O)(=O)Nc2ccc(C(=O)NCCCOCCc3ccccc3)cc2)ccc1F. The molecule has 0 unspecified atom stereocenters. The van der Waals surface area contributed by atoms with E-state index in [0.717, 1.165) is 12.5 Å². The summed E-state index contributed by atoms with van der Waals surface area (Å²) < 4.78 is 46.4. The van der Waals surface area contributed by atoms with Crippen LogP contribution >= 0.6 is 0 Å². The summed E-state index contributed by atoms with van der Waals surface area (Å²) in [6.07, 6.45) is 1.54. The first kappa shape index (κ1) is 24.4. The highest BCUT2D eigenvalue weighted by molar-refractivity contribution is 7.92. The number of halogens is 1. The fraction of sp³-hybridized carbons (Fsp3) is 0.240. The van der Waals surface area contributed by atoms with Crippen molar-refractivity contribution >= 4 is 21.6 Å². The standard InChI is InChI=1S/C25H27FN2O4S/c1-19-18-23(12-13-24(19)26)33(30,31)28-22-10-8-21(9-11-22)25(29)27-15-5-16-32-17-14-20-6-3-2-4-7-20/h2-4,6-13,18,28H,5,14-17H2,1H3,(H,27,29). The Bertz CT molecular complexity index is 1170. The third-order valence-electron chi connectivity index (χ3n) is 4.97. The van der Waals surface area contributed by atoms with E-state index in [-0.39, 0.29) is 16.4 Å². The number of benzene rings is 3. The molecule has 0 spiro atoms. The minimum absolute atomic E-state index is 0.0331. The molecule has 0 heterocycles. The van der Waals surface area contributed by atoms with Crippen LogP contribution in [0, 0.1) is 12.7 Å². The van der Waals surface area contributed by atoms with E-state index in [0.29, 0.717) is 37.4 Å². The quantitative estimate of drug-likeness (QED) is 0.409. The van der Waals surface area contributed by atoms with Crippen LogP contribution in [-0.2, 0) is 21.2 Å². The predicted octanol–water partition coefficient (Wildman–Crippen LogP) is 4.31. The molecule has 3 rings (SSSR count). The van der Waals surface area contributed by atoms with Gasteiger partial charge in [-0.15, -0.1) is 0 Å². The van der Waals surface area contributed by atoms with Crippen molar-refractivity contribution in [1.29, 1.82) is 0 Å². The lowest BCUT2D eigenvalue weighted by Crippen LogP contribution is -2.25. The van der Waals surface area contributed by atoms with Gasteiger partial charge in [0, 0.05) is 24.4 Å². The normalized spacial score (nSPS) is 11.2. The number of carbonyl (C=O) groups is 1. The fourth-order valence-corrected chi connectivity index (χ4v) is 4.25. The minimum atomic E-state index is -3.86. The van der Waals surface area contributed by atoms with Crippen LogP contribution in [0.25, 0.3) is 0 Å². The van der Waals surface area contributed by atoms with E-state index in [1.807, 2.05) is 18.2 Å². The highest BCUT2D eigenvalue weighted by Crippen LogP contribution is 2.19. The van der Waals surface area contributed by atoms with Crippen LogP contribution in [0.15, 0.2) is 77.7 Å². The fourth-order valence-electron chi connectivity index (χ4n) is 3.10. The lowest BCUT2D eigenvalue weighted by atomic mass is 10.2. The second-order valence-corrected chi connectivity index (χ2v) is 9.23. The molecule has 2 N–H and O–H groups in total. The summed E-state index contributed by atoms with van der Waals surface area (Å²) in [6.45, 7) is 3.16. The number of ether oxygens (including phenoxy) is 1. The molecule has 174 valence electrons. The molecule has 0 aliphatic heterocycles. The smallest absolute Gasteiger partial charge is 0.261 e. The van der Waals surface area contributed by atoms with E-state index < -0.39 is 15.8 Å². The van der Waals surface area contributed by atoms with Gasteiger partial charge in [-0.3, -0.25) is 9.52 Å². The van der Waals surface area contributed by atoms with Crippen molar-refractivity contribution < 1.29 is 22.3 Å². The Kier molecular flexibility index (Phi) is 8.57. The molecule has 6 nitrogen and oxygen atoms in total. The zero-order chi connectivity index (χ0) is 23.7. The van der Waals surface area contributed by atoms with Gasteiger partial charge in [-0.2, -0.15) is 0 Å². The number of rotatable bonds is 11. The van der Waals surface area contributed by atoms with Gasteiger partial charge in [0.1, 0.15) is 5.82 Å². The summed E-state index contributed by atoms with van der Waals surface area (Å²) in [5, 5.41) is 2.82. The maximum atomic E-state index is 13.4. The molecule has 8 heteroatoms. The summed E-state index contributed by atoms with van der Waals surface area (Å²) >= 11 is 0. The van der Waals surface area contributed by atoms with E-state index in [2.05, 4.69) is 22.2 Å². The lowest BCUT2D eigenvalue weighted by molar-refractivity contribution is 0.0942. The van der Waals surface area contributed by atoms with Gasteiger partial charge < -0.3 is 10.1 Å². The topological polar surface area (TPSA) is 84.5 Å². The van der Waals surface area contributed by atoms with Crippen molar-refractivity contribution in [3.8, 4) is 0 Å². The van der Waals surface area contributed by atoms with Crippen molar-refractivity contribution in [3.63, 3.8) is 0 Å². The molecule has 0 fully saturated rings. The van der Waals surface area contributed by atoms with Gasteiger partial charge in [-0.05, 0) is 73.4 Å². The summed E-state index contributed by atoms with van der Waals surface area (Å²) in [6, 6.07) is 19.8. The van der Waals surface area contributed by atoms with Gasteiger partial charge in [0.15, 0.2) is 0 Å². The Balaban J connectivity index is 1.40. The molecular formula is C25H27FN2O4S. The molecule has 1 amide bonds. The molecule has 0 atom stereocenters. The Morgan fingerprint density at radius 3 is 2.39 bits per heavy atom. The second-order valence-electron chi connectivity index (χ2n) is 7.55. The molecule has 0 radical (unpaired) electrons. The third-order valence-corrected chi connectivity index (χ3v) is 6.35. The maximum absolute atomic E-state index is 13.4. The van der Waals surface area contributed by atoms with E-state index in [4.69, 9.17) is 4.74 Å². The molecule has 0 aliphatic rings. The maximum Gasteiger partial charge on any atom is 0.261 e. The first-order valence-corrected chi connectivity index (χ1v) is 12.1. The minimum Gasteiger partial charge on any atom is -0.381 e.